The molecule has 184 valence electrons. The first kappa shape index (κ1) is 23.9. The van der Waals surface area contributed by atoms with Crippen molar-refractivity contribution in [3.8, 4) is 0 Å². The maximum atomic E-state index is 13.9. The standard InChI is InChI=1S/C28H31ClN2O4/c1-35-28-13-6-5-9-25(28)31(14-12-23(28)27(33)34)26(32)16-21(18-7-3-2-4-8-18)22-17-30-24-15-19(29)10-11-20(22)24/h2-4,7-8,10-11,15,17,21,23,25,30H,5-6,9,12-14,16H2,1H3,(H,33,34). The molecule has 0 radical (unpaired) electrons. The Morgan fingerprint density at radius 2 is 2.00 bits per heavy atom. The first-order valence-electron chi connectivity index (χ1n) is 12.3. The Balaban J connectivity index is 1.49. The summed E-state index contributed by atoms with van der Waals surface area (Å²) in [6.45, 7) is 0.441. The number of carbonyl (C=O) groups is 2. The summed E-state index contributed by atoms with van der Waals surface area (Å²) in [7, 11) is 1.60. The van der Waals surface area contributed by atoms with Crippen molar-refractivity contribution in [2.45, 2.75) is 56.1 Å². The van der Waals surface area contributed by atoms with Crippen molar-refractivity contribution in [1.29, 1.82) is 0 Å². The van der Waals surface area contributed by atoms with Gasteiger partial charge in [0.15, 0.2) is 0 Å². The summed E-state index contributed by atoms with van der Waals surface area (Å²) in [4.78, 5) is 31.3. The summed E-state index contributed by atoms with van der Waals surface area (Å²) in [5, 5.41) is 11.6. The summed E-state index contributed by atoms with van der Waals surface area (Å²) in [5.74, 6) is -1.52. The number of nitrogens with one attached hydrogen (secondary N) is 1. The third-order valence-corrected chi connectivity index (χ3v) is 8.35. The molecule has 4 unspecified atom stereocenters. The monoisotopic (exact) mass is 494 g/mol. The number of rotatable bonds is 6. The molecule has 0 spiro atoms. The molecule has 1 aliphatic carbocycles. The first-order valence-corrected chi connectivity index (χ1v) is 12.7. The van der Waals surface area contributed by atoms with Crippen LogP contribution in [0.4, 0.5) is 0 Å². The van der Waals surface area contributed by atoms with Crippen LogP contribution in [0.5, 0.6) is 0 Å². The Kier molecular flexibility index (Phi) is 6.60. The maximum Gasteiger partial charge on any atom is 0.309 e. The summed E-state index contributed by atoms with van der Waals surface area (Å²) in [6, 6.07) is 15.6. The average Bonchev–Trinajstić information content (AvgIpc) is 3.29. The lowest BCUT2D eigenvalue weighted by Gasteiger charge is -2.54. The SMILES string of the molecule is COC12CCCCC1N(C(=O)CC(c1ccccc1)c1c[nH]c3cc(Cl)ccc13)CCC2C(=O)O. The fraction of sp³-hybridized carbons (Fsp3) is 0.429. The maximum absolute atomic E-state index is 13.9. The second kappa shape index (κ2) is 9.67. The number of fused-ring (bicyclic) bond motifs is 2. The zero-order valence-corrected chi connectivity index (χ0v) is 20.6. The van der Waals surface area contributed by atoms with Crippen LogP contribution in [-0.2, 0) is 14.3 Å². The normalized spacial score (nSPS) is 25.3. The van der Waals surface area contributed by atoms with Gasteiger partial charge in [0.25, 0.3) is 0 Å². The lowest BCUT2D eigenvalue weighted by Crippen LogP contribution is -2.66. The van der Waals surface area contributed by atoms with E-state index in [1.807, 2.05) is 47.5 Å². The lowest BCUT2D eigenvalue weighted by molar-refractivity contribution is -0.190. The average molecular weight is 495 g/mol. The largest absolute Gasteiger partial charge is 0.481 e. The third kappa shape index (κ3) is 4.23. The fourth-order valence-electron chi connectivity index (χ4n) is 6.45. The summed E-state index contributed by atoms with van der Waals surface area (Å²) in [6.07, 6.45) is 6.01. The molecule has 3 aromatic rings. The van der Waals surface area contributed by atoms with Gasteiger partial charge < -0.3 is 19.7 Å². The number of hydrogen-bond donors (Lipinski definition) is 2. The molecule has 2 heterocycles. The predicted octanol–water partition coefficient (Wildman–Crippen LogP) is 5.60. The molecule has 6 nitrogen and oxygen atoms in total. The molecule has 2 N–H and O–H groups in total. The number of piperidine rings is 1. The number of amides is 1. The van der Waals surface area contributed by atoms with E-state index in [4.69, 9.17) is 16.3 Å². The fourth-order valence-corrected chi connectivity index (χ4v) is 6.62. The summed E-state index contributed by atoms with van der Waals surface area (Å²) in [5.41, 5.74) is 2.24. The molecule has 1 saturated heterocycles. The topological polar surface area (TPSA) is 82.6 Å². The number of aliphatic carboxylic acids is 1. The molecule has 2 aromatic carbocycles. The Morgan fingerprint density at radius 3 is 2.74 bits per heavy atom. The van der Waals surface area contributed by atoms with Crippen LogP contribution in [0.1, 0.15) is 55.6 Å². The van der Waals surface area contributed by atoms with Gasteiger partial charge in [-0.3, -0.25) is 9.59 Å². The molecule has 35 heavy (non-hydrogen) atoms. The van der Waals surface area contributed by atoms with Crippen LogP contribution in [0, 0.1) is 5.92 Å². The Bertz CT molecular complexity index is 1230. The van der Waals surface area contributed by atoms with Crippen LogP contribution >= 0.6 is 11.6 Å². The zero-order valence-electron chi connectivity index (χ0n) is 19.9. The molecule has 1 aromatic heterocycles. The molecular weight excluding hydrogens is 464 g/mol. The highest BCUT2D eigenvalue weighted by Crippen LogP contribution is 2.46. The third-order valence-electron chi connectivity index (χ3n) is 8.11. The minimum absolute atomic E-state index is 0.0410. The second-order valence-electron chi connectivity index (χ2n) is 9.79. The number of aromatic nitrogens is 1. The highest BCUT2D eigenvalue weighted by atomic mass is 35.5. The number of aromatic amines is 1. The highest BCUT2D eigenvalue weighted by molar-refractivity contribution is 6.31. The van der Waals surface area contributed by atoms with E-state index in [2.05, 4.69) is 17.1 Å². The number of benzene rings is 2. The van der Waals surface area contributed by atoms with E-state index in [-0.39, 0.29) is 17.9 Å². The molecule has 1 amide bonds. The van der Waals surface area contributed by atoms with Gasteiger partial charge in [-0.25, -0.2) is 0 Å². The van der Waals surface area contributed by atoms with Crippen LogP contribution in [0.15, 0.2) is 54.7 Å². The van der Waals surface area contributed by atoms with Crippen LogP contribution < -0.4 is 0 Å². The van der Waals surface area contributed by atoms with Crippen molar-refractivity contribution >= 4 is 34.4 Å². The van der Waals surface area contributed by atoms with Crippen molar-refractivity contribution in [1.82, 2.24) is 9.88 Å². The van der Waals surface area contributed by atoms with Gasteiger partial charge in [0.2, 0.25) is 5.91 Å². The van der Waals surface area contributed by atoms with Crippen molar-refractivity contribution in [2.75, 3.05) is 13.7 Å². The number of likely N-dealkylation sites (tertiary alicyclic amines) is 1. The van der Waals surface area contributed by atoms with E-state index < -0.39 is 17.5 Å². The van der Waals surface area contributed by atoms with Gasteiger partial charge in [-0.15, -0.1) is 0 Å². The lowest BCUT2D eigenvalue weighted by atomic mass is 9.67. The van der Waals surface area contributed by atoms with Crippen molar-refractivity contribution in [2.24, 2.45) is 5.92 Å². The Hall–Kier alpha value is -2.83. The predicted molar refractivity (Wildman–Crippen MR) is 136 cm³/mol. The molecule has 2 aliphatic rings. The van der Waals surface area contributed by atoms with Crippen LogP contribution in [0.3, 0.4) is 0 Å². The van der Waals surface area contributed by atoms with E-state index in [9.17, 15) is 14.7 Å². The van der Waals surface area contributed by atoms with Gasteiger partial charge in [-0.2, -0.15) is 0 Å². The number of halogens is 1. The molecule has 1 saturated carbocycles. The minimum Gasteiger partial charge on any atom is -0.481 e. The Morgan fingerprint density at radius 1 is 1.20 bits per heavy atom. The van der Waals surface area contributed by atoms with E-state index >= 15 is 0 Å². The van der Waals surface area contributed by atoms with Crippen molar-refractivity contribution in [3.63, 3.8) is 0 Å². The summed E-state index contributed by atoms with van der Waals surface area (Å²) < 4.78 is 5.98. The van der Waals surface area contributed by atoms with Crippen LogP contribution in [-0.4, -0.2) is 52.2 Å². The van der Waals surface area contributed by atoms with E-state index in [1.54, 1.807) is 7.11 Å². The van der Waals surface area contributed by atoms with Crippen molar-refractivity contribution in [3.05, 3.63) is 70.9 Å². The first-order chi connectivity index (χ1) is 16.9. The second-order valence-corrected chi connectivity index (χ2v) is 10.2. The molecule has 5 rings (SSSR count). The van der Waals surface area contributed by atoms with Gasteiger partial charge in [-0.05, 0) is 42.5 Å². The number of ether oxygens (including phenoxy) is 1. The van der Waals surface area contributed by atoms with Crippen LogP contribution in [0.2, 0.25) is 5.02 Å². The van der Waals surface area contributed by atoms with Crippen LogP contribution in [0.25, 0.3) is 10.9 Å². The molecule has 7 heteroatoms. The van der Waals surface area contributed by atoms with E-state index in [1.165, 1.54) is 0 Å². The molecule has 2 fully saturated rings. The number of carboxylic acids is 1. The molecular formula is C28H31ClN2O4. The minimum atomic E-state index is -0.828. The van der Waals surface area contributed by atoms with Gasteiger partial charge in [0.05, 0.1) is 12.0 Å². The van der Waals surface area contributed by atoms with E-state index in [0.29, 0.717) is 30.8 Å². The number of methoxy groups -OCH3 is 1. The quantitative estimate of drug-likeness (QED) is 0.467. The molecule has 4 atom stereocenters. The van der Waals surface area contributed by atoms with Gasteiger partial charge >= 0.3 is 5.97 Å². The smallest absolute Gasteiger partial charge is 0.309 e. The number of H-pyrrole nitrogens is 1. The highest BCUT2D eigenvalue weighted by Gasteiger charge is 2.56. The summed E-state index contributed by atoms with van der Waals surface area (Å²) >= 11 is 6.20. The zero-order chi connectivity index (χ0) is 24.6. The number of nitrogens with zero attached hydrogens (tertiary/aromatic N) is 1. The number of carbonyl (C=O) groups excluding carboxylic acids is 1. The van der Waals surface area contributed by atoms with Gasteiger partial charge in [0, 0.05) is 48.1 Å². The Labute approximate surface area is 210 Å². The van der Waals surface area contributed by atoms with E-state index in [0.717, 1.165) is 41.3 Å². The van der Waals surface area contributed by atoms with Gasteiger partial charge in [-0.1, -0.05) is 60.8 Å². The number of carboxylic acid groups (broad SMARTS) is 1. The molecule has 0 bridgehead atoms. The molecule has 1 aliphatic heterocycles. The van der Waals surface area contributed by atoms with Gasteiger partial charge in [0.1, 0.15) is 5.60 Å². The van der Waals surface area contributed by atoms with Crippen molar-refractivity contribution < 1.29 is 19.4 Å². The number of hydrogen-bond acceptors (Lipinski definition) is 3.